The quantitative estimate of drug-likeness (QED) is 0.556. The molecule has 0 N–H and O–H groups in total. The van der Waals surface area contributed by atoms with Crippen LogP contribution in [0, 0.1) is 16.7 Å². The van der Waals surface area contributed by atoms with Gasteiger partial charge in [0.25, 0.3) is 0 Å². The van der Waals surface area contributed by atoms with Crippen LogP contribution in [0.25, 0.3) is 0 Å². The Morgan fingerprint density at radius 3 is 2.64 bits per heavy atom. The molecule has 1 fully saturated rings. The molecule has 2 rings (SSSR count). The fourth-order valence-corrected chi connectivity index (χ4v) is 1.56. The number of nitrogens with zero attached hydrogens (tertiary/aromatic N) is 1. The fourth-order valence-electron chi connectivity index (χ4n) is 1.56. The van der Waals surface area contributed by atoms with Gasteiger partial charge in [-0.15, -0.1) is 0 Å². The first-order valence-corrected chi connectivity index (χ1v) is 4.16. The maximum Gasteiger partial charge on any atom is 0.0820 e. The zero-order chi connectivity index (χ0) is 7.73. The Kier molecular flexibility index (Phi) is 1.35. The van der Waals surface area contributed by atoms with Crippen LogP contribution in [0.1, 0.15) is 25.7 Å². The summed E-state index contributed by atoms with van der Waals surface area (Å²) in [5.41, 5.74) is 1.21. The fraction of sp³-hybridized carbons (Fsp3) is 0.500. The van der Waals surface area contributed by atoms with Gasteiger partial charge in [-0.2, -0.15) is 5.26 Å². The van der Waals surface area contributed by atoms with Gasteiger partial charge in [-0.1, -0.05) is 18.2 Å². The number of allylic oxidation sites excluding steroid dienone is 4. The van der Waals surface area contributed by atoms with Crippen LogP contribution in [0.15, 0.2) is 23.8 Å². The maximum atomic E-state index is 8.88. The molecule has 1 nitrogen and oxygen atoms in total. The summed E-state index contributed by atoms with van der Waals surface area (Å²) in [5, 5.41) is 8.88. The minimum absolute atomic E-state index is 0.0586. The molecule has 0 aromatic rings. The first-order valence-electron chi connectivity index (χ1n) is 4.16. The average Bonchev–Trinajstić information content (AvgIpc) is 2.86. The van der Waals surface area contributed by atoms with E-state index in [1.54, 1.807) is 0 Å². The van der Waals surface area contributed by atoms with Gasteiger partial charge < -0.3 is 0 Å². The Bertz CT molecular complexity index is 261. The third kappa shape index (κ3) is 0.991. The van der Waals surface area contributed by atoms with Crippen LogP contribution >= 0.6 is 0 Å². The summed E-state index contributed by atoms with van der Waals surface area (Å²) in [6.07, 6.45) is 10.9. The van der Waals surface area contributed by atoms with Crippen molar-refractivity contribution in [2.24, 2.45) is 5.41 Å². The van der Waals surface area contributed by atoms with Gasteiger partial charge in [-0.05, 0) is 31.3 Å². The van der Waals surface area contributed by atoms with E-state index in [0.29, 0.717) is 0 Å². The Balaban J connectivity index is 2.23. The lowest BCUT2D eigenvalue weighted by molar-refractivity contribution is 0.804. The molecule has 56 valence electrons. The molecule has 0 spiro atoms. The summed E-state index contributed by atoms with van der Waals surface area (Å²) in [4.78, 5) is 0. The third-order valence-electron chi connectivity index (χ3n) is 2.51. The average molecular weight is 145 g/mol. The van der Waals surface area contributed by atoms with Gasteiger partial charge in [-0.25, -0.2) is 0 Å². The van der Waals surface area contributed by atoms with Gasteiger partial charge in [0, 0.05) is 0 Å². The van der Waals surface area contributed by atoms with Gasteiger partial charge in [0.2, 0.25) is 0 Å². The number of hydrogen-bond donors (Lipinski definition) is 0. The van der Waals surface area contributed by atoms with Crippen molar-refractivity contribution < 1.29 is 0 Å². The Hall–Kier alpha value is -1.03. The third-order valence-corrected chi connectivity index (χ3v) is 2.51. The van der Waals surface area contributed by atoms with E-state index in [-0.39, 0.29) is 5.41 Å². The van der Waals surface area contributed by atoms with Crippen LogP contribution in [0.5, 0.6) is 0 Å². The van der Waals surface area contributed by atoms with E-state index in [1.807, 2.05) is 0 Å². The predicted molar refractivity (Wildman–Crippen MR) is 43.7 cm³/mol. The van der Waals surface area contributed by atoms with Crippen LogP contribution in [0.4, 0.5) is 0 Å². The van der Waals surface area contributed by atoms with Crippen molar-refractivity contribution in [3.05, 3.63) is 23.8 Å². The molecular weight excluding hydrogens is 134 g/mol. The molecule has 0 heterocycles. The van der Waals surface area contributed by atoms with Gasteiger partial charge >= 0.3 is 0 Å². The molecule has 2 aliphatic carbocycles. The molecule has 2 aliphatic rings. The molecule has 0 saturated heterocycles. The molecular formula is C10H11N. The molecule has 1 saturated carbocycles. The van der Waals surface area contributed by atoms with Crippen LogP contribution < -0.4 is 0 Å². The summed E-state index contributed by atoms with van der Waals surface area (Å²) >= 11 is 0. The van der Waals surface area contributed by atoms with Crippen molar-refractivity contribution in [2.75, 3.05) is 0 Å². The number of rotatable bonds is 1. The van der Waals surface area contributed by atoms with Crippen LogP contribution in [0.3, 0.4) is 0 Å². The molecule has 0 aromatic carbocycles. The second kappa shape index (κ2) is 2.23. The SMILES string of the molecule is N#CC1(C2=CCCC=C2)CC1. The van der Waals surface area contributed by atoms with Crippen molar-refractivity contribution in [3.63, 3.8) is 0 Å². The van der Waals surface area contributed by atoms with Crippen molar-refractivity contribution >= 4 is 0 Å². The monoisotopic (exact) mass is 145 g/mol. The first kappa shape index (κ1) is 6.67. The Morgan fingerprint density at radius 2 is 2.18 bits per heavy atom. The van der Waals surface area contributed by atoms with Crippen LogP contribution in [-0.2, 0) is 0 Å². The summed E-state index contributed by atoms with van der Waals surface area (Å²) in [7, 11) is 0. The second-order valence-corrected chi connectivity index (χ2v) is 3.33. The lowest BCUT2D eigenvalue weighted by Crippen LogP contribution is -2.00. The van der Waals surface area contributed by atoms with Crippen LogP contribution in [0.2, 0.25) is 0 Å². The van der Waals surface area contributed by atoms with E-state index in [9.17, 15) is 0 Å². The highest BCUT2D eigenvalue weighted by molar-refractivity contribution is 5.39. The lowest BCUT2D eigenvalue weighted by atomic mass is 9.93. The van der Waals surface area contributed by atoms with E-state index >= 15 is 0 Å². The van der Waals surface area contributed by atoms with E-state index in [4.69, 9.17) is 5.26 Å². The largest absolute Gasteiger partial charge is 0.197 e. The maximum absolute atomic E-state index is 8.88. The molecule has 1 heteroatoms. The van der Waals surface area contributed by atoms with E-state index < -0.39 is 0 Å². The van der Waals surface area contributed by atoms with Crippen molar-refractivity contribution in [1.29, 1.82) is 5.26 Å². The van der Waals surface area contributed by atoms with Gasteiger partial charge in [0.15, 0.2) is 0 Å². The normalized spacial score (nSPS) is 25.5. The number of nitriles is 1. The first-order chi connectivity index (χ1) is 5.37. The highest BCUT2D eigenvalue weighted by atomic mass is 14.5. The van der Waals surface area contributed by atoms with Crippen molar-refractivity contribution in [2.45, 2.75) is 25.7 Å². The zero-order valence-corrected chi connectivity index (χ0v) is 6.51. The molecule has 0 amide bonds. The summed E-state index contributed by atoms with van der Waals surface area (Å²) in [6, 6.07) is 2.40. The minimum Gasteiger partial charge on any atom is -0.197 e. The lowest BCUT2D eigenvalue weighted by Gasteiger charge is -2.10. The molecule has 0 aliphatic heterocycles. The zero-order valence-electron chi connectivity index (χ0n) is 6.51. The number of hydrogen-bond acceptors (Lipinski definition) is 1. The van der Waals surface area contributed by atoms with E-state index in [1.165, 1.54) is 5.57 Å². The van der Waals surface area contributed by atoms with E-state index in [0.717, 1.165) is 25.7 Å². The molecule has 0 aromatic heterocycles. The Morgan fingerprint density at radius 1 is 1.36 bits per heavy atom. The van der Waals surface area contributed by atoms with Gasteiger partial charge in [-0.3, -0.25) is 0 Å². The van der Waals surface area contributed by atoms with Crippen molar-refractivity contribution in [3.8, 4) is 6.07 Å². The van der Waals surface area contributed by atoms with Gasteiger partial charge in [0.1, 0.15) is 0 Å². The highest BCUT2D eigenvalue weighted by Gasteiger charge is 2.45. The molecule has 0 unspecified atom stereocenters. The summed E-state index contributed by atoms with van der Waals surface area (Å²) in [5.74, 6) is 0. The molecule has 0 bridgehead atoms. The topological polar surface area (TPSA) is 23.8 Å². The second-order valence-electron chi connectivity index (χ2n) is 3.33. The molecule has 0 atom stereocenters. The highest BCUT2D eigenvalue weighted by Crippen LogP contribution is 2.52. The van der Waals surface area contributed by atoms with Crippen molar-refractivity contribution in [1.82, 2.24) is 0 Å². The Labute approximate surface area is 67.0 Å². The molecule has 11 heavy (non-hydrogen) atoms. The summed E-state index contributed by atoms with van der Waals surface area (Å²) < 4.78 is 0. The summed E-state index contributed by atoms with van der Waals surface area (Å²) in [6.45, 7) is 0. The van der Waals surface area contributed by atoms with Gasteiger partial charge in [0.05, 0.1) is 11.5 Å². The molecule has 0 radical (unpaired) electrons. The smallest absolute Gasteiger partial charge is 0.0820 e. The minimum atomic E-state index is -0.0586. The predicted octanol–water partition coefficient (Wildman–Crippen LogP) is 2.57. The van der Waals surface area contributed by atoms with E-state index in [2.05, 4.69) is 24.3 Å². The standard InChI is InChI=1S/C10H11N/c11-8-10(6-7-10)9-4-2-1-3-5-9/h2,4-5H,1,3,6-7H2. The van der Waals surface area contributed by atoms with Crippen LogP contribution in [-0.4, -0.2) is 0 Å².